The second-order valence-electron chi connectivity index (χ2n) is 4.79. The van der Waals surface area contributed by atoms with Crippen LogP contribution in [0.5, 0.6) is 0 Å². The fourth-order valence-corrected chi connectivity index (χ4v) is 1.83. The van der Waals surface area contributed by atoms with Crippen LogP contribution in [-0.2, 0) is 10.3 Å². The zero-order valence-corrected chi connectivity index (χ0v) is 11.5. The molecule has 5 nitrogen and oxygen atoms in total. The van der Waals surface area contributed by atoms with E-state index in [0.29, 0.717) is 18.3 Å². The van der Waals surface area contributed by atoms with E-state index >= 15 is 0 Å². The van der Waals surface area contributed by atoms with Gasteiger partial charge in [-0.15, -0.1) is 0 Å². The van der Waals surface area contributed by atoms with Crippen molar-refractivity contribution in [2.75, 3.05) is 6.61 Å². The molecular weight excluding hydrogens is 242 g/mol. The van der Waals surface area contributed by atoms with Crippen LogP contribution in [0.2, 0.25) is 0 Å². The molecule has 1 atom stereocenters. The van der Waals surface area contributed by atoms with Gasteiger partial charge in [0.25, 0.3) is 0 Å². The van der Waals surface area contributed by atoms with E-state index in [1.807, 2.05) is 51.1 Å². The summed E-state index contributed by atoms with van der Waals surface area (Å²) in [7, 11) is 0. The van der Waals surface area contributed by atoms with Crippen molar-refractivity contribution in [1.82, 2.24) is 10.1 Å². The van der Waals surface area contributed by atoms with Crippen molar-refractivity contribution in [3.8, 4) is 0 Å². The number of nitrogens with zero attached hydrogens (tertiary/aromatic N) is 2. The number of hydrogen-bond acceptors (Lipinski definition) is 5. The lowest BCUT2D eigenvalue weighted by Crippen LogP contribution is -2.23. The Hall–Kier alpha value is -1.72. The molecule has 0 aliphatic heterocycles. The Morgan fingerprint density at radius 1 is 1.32 bits per heavy atom. The molecule has 1 heterocycles. The number of benzene rings is 1. The summed E-state index contributed by atoms with van der Waals surface area (Å²) < 4.78 is 10.8. The number of rotatable bonds is 5. The van der Waals surface area contributed by atoms with E-state index < -0.39 is 11.6 Å². The normalized spacial score (nSPS) is 13.5. The molecule has 0 saturated carbocycles. The molecule has 1 aromatic carbocycles. The summed E-state index contributed by atoms with van der Waals surface area (Å²) in [6.07, 6.45) is 0. The Bertz CT molecular complexity index is 522. The van der Waals surface area contributed by atoms with Crippen molar-refractivity contribution in [3.05, 3.63) is 47.6 Å². The van der Waals surface area contributed by atoms with E-state index in [9.17, 15) is 0 Å². The van der Waals surface area contributed by atoms with Gasteiger partial charge in [-0.3, -0.25) is 0 Å². The summed E-state index contributed by atoms with van der Waals surface area (Å²) in [6.45, 7) is 6.32. The number of aromatic nitrogens is 2. The third-order valence-electron chi connectivity index (χ3n) is 2.91. The van der Waals surface area contributed by atoms with Gasteiger partial charge in [0.2, 0.25) is 11.7 Å². The van der Waals surface area contributed by atoms with Crippen LogP contribution in [0.25, 0.3) is 0 Å². The second kappa shape index (κ2) is 5.50. The van der Waals surface area contributed by atoms with Gasteiger partial charge in [-0.2, -0.15) is 4.98 Å². The summed E-state index contributed by atoms with van der Waals surface area (Å²) in [6, 6.07) is 9.24. The third kappa shape index (κ3) is 3.00. The maximum Gasteiger partial charge on any atom is 0.248 e. The van der Waals surface area contributed by atoms with Crippen LogP contribution in [0, 0.1) is 0 Å². The van der Waals surface area contributed by atoms with Gasteiger partial charge in [0, 0.05) is 6.61 Å². The summed E-state index contributed by atoms with van der Waals surface area (Å²) in [5.41, 5.74) is 6.47. The molecular formula is C14H19N3O2. The van der Waals surface area contributed by atoms with Crippen LogP contribution in [0.1, 0.15) is 44.1 Å². The Morgan fingerprint density at radius 3 is 2.63 bits per heavy atom. The maximum absolute atomic E-state index is 6.11. The van der Waals surface area contributed by atoms with E-state index in [2.05, 4.69) is 10.1 Å². The van der Waals surface area contributed by atoms with Crippen molar-refractivity contribution in [2.24, 2.45) is 5.73 Å². The highest BCUT2D eigenvalue weighted by molar-refractivity contribution is 5.23. The van der Waals surface area contributed by atoms with Crippen LogP contribution in [0.15, 0.2) is 34.9 Å². The van der Waals surface area contributed by atoms with Crippen molar-refractivity contribution in [1.29, 1.82) is 0 Å². The van der Waals surface area contributed by atoms with Crippen molar-refractivity contribution in [3.63, 3.8) is 0 Å². The lowest BCUT2D eigenvalue weighted by molar-refractivity contribution is -0.0221. The molecule has 0 fully saturated rings. The van der Waals surface area contributed by atoms with Crippen molar-refractivity contribution in [2.45, 2.75) is 32.4 Å². The monoisotopic (exact) mass is 261 g/mol. The average molecular weight is 261 g/mol. The molecule has 1 unspecified atom stereocenters. The Kier molecular flexibility index (Phi) is 3.97. The van der Waals surface area contributed by atoms with E-state index in [0.717, 1.165) is 5.56 Å². The molecule has 0 bridgehead atoms. The first-order valence-electron chi connectivity index (χ1n) is 6.33. The highest BCUT2D eigenvalue weighted by Crippen LogP contribution is 2.24. The maximum atomic E-state index is 6.11. The lowest BCUT2D eigenvalue weighted by Gasteiger charge is -2.19. The molecule has 2 N–H and O–H groups in total. The first-order valence-corrected chi connectivity index (χ1v) is 6.33. The summed E-state index contributed by atoms with van der Waals surface area (Å²) in [5, 5.41) is 3.96. The molecule has 0 saturated heterocycles. The van der Waals surface area contributed by atoms with E-state index in [-0.39, 0.29) is 0 Å². The van der Waals surface area contributed by atoms with Gasteiger partial charge in [0.1, 0.15) is 11.6 Å². The minimum absolute atomic E-state index is 0.397. The Balaban J connectivity index is 2.22. The van der Waals surface area contributed by atoms with Gasteiger partial charge < -0.3 is 15.0 Å². The van der Waals surface area contributed by atoms with Crippen LogP contribution >= 0.6 is 0 Å². The van der Waals surface area contributed by atoms with Gasteiger partial charge in [0.05, 0.1) is 0 Å². The van der Waals surface area contributed by atoms with Crippen LogP contribution in [0.4, 0.5) is 0 Å². The van der Waals surface area contributed by atoms with Gasteiger partial charge in [-0.1, -0.05) is 35.5 Å². The molecule has 1 aromatic heterocycles. The quantitative estimate of drug-likeness (QED) is 0.894. The molecule has 102 valence electrons. The topological polar surface area (TPSA) is 74.2 Å². The molecule has 19 heavy (non-hydrogen) atoms. The summed E-state index contributed by atoms with van der Waals surface area (Å²) in [5.74, 6) is 0.907. The minimum Gasteiger partial charge on any atom is -0.368 e. The van der Waals surface area contributed by atoms with Gasteiger partial charge in [-0.05, 0) is 26.3 Å². The van der Waals surface area contributed by atoms with E-state index in [1.54, 1.807) is 0 Å². The van der Waals surface area contributed by atoms with E-state index in [4.69, 9.17) is 15.0 Å². The number of nitrogens with two attached hydrogens (primary N) is 1. The molecule has 0 aliphatic rings. The Labute approximate surface area is 112 Å². The lowest BCUT2D eigenvalue weighted by atomic mass is 10.1. The molecule has 5 heteroatoms. The van der Waals surface area contributed by atoms with Crippen LogP contribution in [0.3, 0.4) is 0 Å². The zero-order chi connectivity index (χ0) is 13.9. The van der Waals surface area contributed by atoms with Crippen LogP contribution < -0.4 is 5.73 Å². The van der Waals surface area contributed by atoms with Crippen LogP contribution in [-0.4, -0.2) is 16.7 Å². The largest absolute Gasteiger partial charge is 0.368 e. The first kappa shape index (κ1) is 13.7. The number of hydrogen-bond donors (Lipinski definition) is 1. The van der Waals surface area contributed by atoms with Gasteiger partial charge in [0.15, 0.2) is 0 Å². The zero-order valence-electron chi connectivity index (χ0n) is 11.5. The fraction of sp³-hybridized carbons (Fsp3) is 0.429. The fourth-order valence-electron chi connectivity index (χ4n) is 1.83. The predicted molar refractivity (Wildman–Crippen MR) is 71.4 cm³/mol. The minimum atomic E-state index is -0.576. The Morgan fingerprint density at radius 2 is 2.00 bits per heavy atom. The van der Waals surface area contributed by atoms with Crippen molar-refractivity contribution < 1.29 is 9.26 Å². The van der Waals surface area contributed by atoms with Crippen molar-refractivity contribution >= 4 is 0 Å². The second-order valence-corrected chi connectivity index (χ2v) is 4.79. The third-order valence-corrected chi connectivity index (χ3v) is 2.91. The summed E-state index contributed by atoms with van der Waals surface area (Å²) >= 11 is 0. The first-order chi connectivity index (χ1) is 9.04. The molecule has 0 radical (unpaired) electrons. The van der Waals surface area contributed by atoms with E-state index in [1.165, 1.54) is 0 Å². The molecule has 0 amide bonds. The predicted octanol–water partition coefficient (Wildman–Crippen LogP) is 2.39. The standard InChI is InChI=1S/C14H19N3O2/c1-4-18-14(2,3)13-16-12(19-17-13)11(15)10-8-6-5-7-9-10/h5-9,11H,4,15H2,1-3H3. The average Bonchev–Trinajstić information content (AvgIpc) is 2.89. The molecule has 2 aromatic rings. The highest BCUT2D eigenvalue weighted by Gasteiger charge is 2.28. The highest BCUT2D eigenvalue weighted by atomic mass is 16.5. The molecule has 0 aliphatic carbocycles. The summed E-state index contributed by atoms with van der Waals surface area (Å²) in [4.78, 5) is 4.35. The SMILES string of the molecule is CCOC(C)(C)c1noc(C(N)c2ccccc2)n1. The number of ether oxygens (including phenoxy) is 1. The smallest absolute Gasteiger partial charge is 0.248 e. The van der Waals surface area contributed by atoms with Gasteiger partial charge >= 0.3 is 0 Å². The van der Waals surface area contributed by atoms with Gasteiger partial charge in [-0.25, -0.2) is 0 Å². The molecule has 0 spiro atoms. The molecule has 2 rings (SSSR count).